The van der Waals surface area contributed by atoms with E-state index in [1.807, 2.05) is 0 Å². The number of unbranched alkanes of at least 4 members (excludes halogenated alkanes) is 3. The molecule has 0 bridgehead atoms. The van der Waals surface area contributed by atoms with Crippen LogP contribution in [0.3, 0.4) is 0 Å². The zero-order valence-corrected chi connectivity index (χ0v) is 13.7. The Hall–Kier alpha value is -0.770. The predicted octanol–water partition coefficient (Wildman–Crippen LogP) is 2.89. The van der Waals surface area contributed by atoms with Gasteiger partial charge in [0.25, 0.3) is 0 Å². The minimum atomic E-state index is 0.799. The van der Waals surface area contributed by atoms with Gasteiger partial charge in [-0.2, -0.15) is 0 Å². The number of hydrogen-bond donors (Lipinski definition) is 1. The zero-order valence-electron chi connectivity index (χ0n) is 13.7. The maximum absolute atomic E-state index is 5.69. The Kier molecular flexibility index (Phi) is 9.46. The van der Waals surface area contributed by atoms with E-state index in [0.717, 1.165) is 44.7 Å². The van der Waals surface area contributed by atoms with E-state index in [9.17, 15) is 0 Å². The minimum Gasteiger partial charge on any atom is -0.379 e. The van der Waals surface area contributed by atoms with Crippen molar-refractivity contribution in [3.63, 3.8) is 0 Å². The Labute approximate surface area is 125 Å². The summed E-state index contributed by atoms with van der Waals surface area (Å²) in [6, 6.07) is 0. The molecule has 0 aromatic heterocycles. The van der Waals surface area contributed by atoms with Gasteiger partial charge in [0, 0.05) is 33.3 Å². The quantitative estimate of drug-likeness (QED) is 0.360. The molecule has 1 aliphatic rings. The van der Waals surface area contributed by atoms with Crippen LogP contribution in [0.25, 0.3) is 0 Å². The van der Waals surface area contributed by atoms with E-state index < -0.39 is 0 Å². The molecule has 20 heavy (non-hydrogen) atoms. The molecular weight excluding hydrogens is 250 g/mol. The van der Waals surface area contributed by atoms with Gasteiger partial charge in [-0.15, -0.1) is 0 Å². The van der Waals surface area contributed by atoms with Gasteiger partial charge in [0.15, 0.2) is 5.96 Å². The first-order valence-electron chi connectivity index (χ1n) is 8.35. The predicted molar refractivity (Wildman–Crippen MR) is 86.3 cm³/mol. The molecule has 1 N–H and O–H groups in total. The van der Waals surface area contributed by atoms with Crippen molar-refractivity contribution in [2.75, 3.05) is 39.9 Å². The van der Waals surface area contributed by atoms with E-state index in [4.69, 9.17) is 4.74 Å². The van der Waals surface area contributed by atoms with E-state index in [2.05, 4.69) is 36.1 Å². The zero-order chi connectivity index (χ0) is 14.6. The van der Waals surface area contributed by atoms with E-state index in [1.165, 1.54) is 38.5 Å². The van der Waals surface area contributed by atoms with Crippen molar-refractivity contribution in [3.05, 3.63) is 0 Å². The molecule has 4 nitrogen and oxygen atoms in total. The summed E-state index contributed by atoms with van der Waals surface area (Å²) in [4.78, 5) is 6.86. The first-order chi connectivity index (χ1) is 9.77. The number of hydrogen-bond acceptors (Lipinski definition) is 2. The van der Waals surface area contributed by atoms with Crippen LogP contribution in [-0.4, -0.2) is 50.8 Å². The molecule has 0 aromatic rings. The first kappa shape index (κ1) is 17.3. The van der Waals surface area contributed by atoms with Gasteiger partial charge in [-0.25, -0.2) is 0 Å². The smallest absolute Gasteiger partial charge is 0.193 e. The van der Waals surface area contributed by atoms with E-state index in [1.54, 1.807) is 0 Å². The van der Waals surface area contributed by atoms with Crippen LogP contribution in [0.15, 0.2) is 4.99 Å². The molecule has 1 rings (SSSR count). The van der Waals surface area contributed by atoms with Gasteiger partial charge < -0.3 is 15.0 Å². The summed E-state index contributed by atoms with van der Waals surface area (Å²) in [5, 5.41) is 3.36. The summed E-state index contributed by atoms with van der Waals surface area (Å²) < 4.78 is 5.69. The molecule has 118 valence electrons. The van der Waals surface area contributed by atoms with E-state index in [0.29, 0.717) is 0 Å². The number of nitrogens with one attached hydrogen (secondary N) is 1. The van der Waals surface area contributed by atoms with Crippen molar-refractivity contribution >= 4 is 5.96 Å². The van der Waals surface area contributed by atoms with Crippen molar-refractivity contribution in [2.45, 2.75) is 52.4 Å². The van der Waals surface area contributed by atoms with Gasteiger partial charge in [-0.05, 0) is 32.1 Å². The average molecular weight is 283 g/mol. The van der Waals surface area contributed by atoms with Gasteiger partial charge in [-0.1, -0.05) is 26.2 Å². The van der Waals surface area contributed by atoms with Crippen molar-refractivity contribution in [1.29, 1.82) is 0 Å². The Bertz CT molecular complexity index is 264. The lowest BCUT2D eigenvalue weighted by molar-refractivity contribution is 0.115. The van der Waals surface area contributed by atoms with Crippen LogP contribution in [0, 0.1) is 5.92 Å². The second-order valence-electron chi connectivity index (χ2n) is 5.74. The van der Waals surface area contributed by atoms with Crippen LogP contribution in [0.2, 0.25) is 0 Å². The molecule has 0 amide bonds. The maximum atomic E-state index is 5.69. The van der Waals surface area contributed by atoms with E-state index >= 15 is 0 Å². The van der Waals surface area contributed by atoms with Crippen molar-refractivity contribution in [1.82, 2.24) is 10.2 Å². The fourth-order valence-electron chi connectivity index (χ4n) is 2.04. The van der Waals surface area contributed by atoms with Gasteiger partial charge >= 0.3 is 0 Å². The Balaban J connectivity index is 2.16. The molecule has 0 radical (unpaired) electrons. The number of guanidine groups is 1. The largest absolute Gasteiger partial charge is 0.379 e. The summed E-state index contributed by atoms with van der Waals surface area (Å²) in [5.74, 6) is 1.86. The Morgan fingerprint density at radius 2 is 2.05 bits per heavy atom. The molecule has 0 spiro atoms. The first-order valence-corrected chi connectivity index (χ1v) is 8.35. The standard InChI is InChI=1S/C16H33N3O/c1-4-6-7-8-11-18-16(17-5-2)19(3)12-13-20-14-15-9-10-15/h15H,4-14H2,1-3H3,(H,17,18). The maximum Gasteiger partial charge on any atom is 0.193 e. The number of rotatable bonds is 11. The van der Waals surface area contributed by atoms with Crippen LogP contribution in [0.1, 0.15) is 52.4 Å². The lowest BCUT2D eigenvalue weighted by atomic mass is 10.2. The summed E-state index contributed by atoms with van der Waals surface area (Å²) in [5.41, 5.74) is 0. The normalized spacial score (nSPS) is 15.4. The number of ether oxygens (including phenoxy) is 1. The minimum absolute atomic E-state index is 0.799. The number of likely N-dealkylation sites (N-methyl/N-ethyl adjacent to an activating group) is 1. The highest BCUT2D eigenvalue weighted by atomic mass is 16.5. The van der Waals surface area contributed by atoms with Crippen molar-refractivity contribution in [3.8, 4) is 0 Å². The van der Waals surface area contributed by atoms with Gasteiger partial charge in [0.05, 0.1) is 6.61 Å². The lowest BCUT2D eigenvalue weighted by Crippen LogP contribution is -2.40. The fourth-order valence-corrected chi connectivity index (χ4v) is 2.04. The van der Waals surface area contributed by atoms with Crippen LogP contribution in [0.4, 0.5) is 0 Å². The lowest BCUT2D eigenvalue weighted by Gasteiger charge is -2.22. The van der Waals surface area contributed by atoms with Gasteiger partial charge in [0.1, 0.15) is 0 Å². The topological polar surface area (TPSA) is 36.9 Å². The van der Waals surface area contributed by atoms with Crippen molar-refractivity contribution in [2.24, 2.45) is 10.9 Å². The monoisotopic (exact) mass is 283 g/mol. The molecule has 0 atom stereocenters. The molecule has 0 heterocycles. The second-order valence-corrected chi connectivity index (χ2v) is 5.74. The average Bonchev–Trinajstić information content (AvgIpc) is 3.26. The van der Waals surface area contributed by atoms with Gasteiger partial charge in [-0.3, -0.25) is 4.99 Å². The molecule has 0 saturated heterocycles. The number of nitrogens with zero attached hydrogens (tertiary/aromatic N) is 2. The van der Waals surface area contributed by atoms with Crippen LogP contribution in [-0.2, 0) is 4.74 Å². The molecule has 1 aliphatic carbocycles. The highest BCUT2D eigenvalue weighted by molar-refractivity contribution is 5.79. The molecular formula is C16H33N3O. The SMILES string of the molecule is CCCCCCN=C(NCC)N(C)CCOCC1CC1. The summed E-state index contributed by atoms with van der Waals surface area (Å²) in [7, 11) is 2.09. The Morgan fingerprint density at radius 1 is 1.25 bits per heavy atom. The second kappa shape index (κ2) is 11.0. The number of aliphatic imine (C=N–C) groups is 1. The van der Waals surface area contributed by atoms with Crippen LogP contribution in [0.5, 0.6) is 0 Å². The molecule has 0 aliphatic heterocycles. The van der Waals surface area contributed by atoms with Crippen LogP contribution >= 0.6 is 0 Å². The summed E-state index contributed by atoms with van der Waals surface area (Å²) in [6.07, 6.45) is 7.79. The molecule has 4 heteroatoms. The van der Waals surface area contributed by atoms with E-state index in [-0.39, 0.29) is 0 Å². The van der Waals surface area contributed by atoms with Crippen molar-refractivity contribution < 1.29 is 4.74 Å². The third-order valence-corrected chi connectivity index (χ3v) is 3.59. The highest BCUT2D eigenvalue weighted by Gasteiger charge is 2.21. The Morgan fingerprint density at radius 3 is 2.70 bits per heavy atom. The summed E-state index contributed by atoms with van der Waals surface area (Å²) >= 11 is 0. The third-order valence-electron chi connectivity index (χ3n) is 3.59. The van der Waals surface area contributed by atoms with Gasteiger partial charge in [0.2, 0.25) is 0 Å². The molecule has 1 fully saturated rings. The molecule has 0 aromatic carbocycles. The third kappa shape index (κ3) is 8.41. The fraction of sp³-hybridized carbons (Fsp3) is 0.938. The summed E-state index contributed by atoms with van der Waals surface area (Å²) in [6.45, 7) is 8.85. The highest BCUT2D eigenvalue weighted by Crippen LogP contribution is 2.28. The van der Waals surface area contributed by atoms with Crippen LogP contribution < -0.4 is 5.32 Å². The molecule has 0 unspecified atom stereocenters. The molecule has 1 saturated carbocycles.